The van der Waals surface area contributed by atoms with Gasteiger partial charge in [-0.2, -0.15) is 0 Å². The Morgan fingerprint density at radius 3 is 2.58 bits per heavy atom. The van der Waals surface area contributed by atoms with Gasteiger partial charge in [0.2, 0.25) is 11.8 Å². The zero-order valence-electron chi connectivity index (χ0n) is 14.2. The summed E-state index contributed by atoms with van der Waals surface area (Å²) in [5.74, 6) is -0.300. The lowest BCUT2D eigenvalue weighted by Gasteiger charge is -2.30. The highest BCUT2D eigenvalue weighted by atomic mass is 32.2. The molecule has 3 N–H and O–H groups in total. The van der Waals surface area contributed by atoms with Crippen molar-refractivity contribution in [3.05, 3.63) is 46.8 Å². The molecule has 1 aromatic carbocycles. The van der Waals surface area contributed by atoms with Crippen molar-refractivity contribution in [2.45, 2.75) is 18.0 Å². The molecule has 7 nitrogen and oxygen atoms in total. The third-order valence-corrected chi connectivity index (χ3v) is 5.23. The van der Waals surface area contributed by atoms with Crippen LogP contribution in [0.15, 0.2) is 46.3 Å². The highest BCUT2D eigenvalue weighted by Crippen LogP contribution is 2.21. The van der Waals surface area contributed by atoms with E-state index in [1.807, 2.05) is 30.3 Å². The first-order valence-corrected chi connectivity index (χ1v) is 9.38. The van der Waals surface area contributed by atoms with Crippen LogP contribution in [-0.4, -0.2) is 45.5 Å². The van der Waals surface area contributed by atoms with Crippen LogP contribution < -0.4 is 11.3 Å². The van der Waals surface area contributed by atoms with Crippen molar-refractivity contribution in [2.75, 3.05) is 18.8 Å². The van der Waals surface area contributed by atoms with Crippen molar-refractivity contribution in [2.24, 2.45) is 11.7 Å². The molecular weight excluding hydrogens is 352 g/mol. The normalized spacial score (nSPS) is 15.0. The molecular formula is C18H20N4O3S. The standard InChI is InChI=1S/C18H20N4O3S/c19-17(25)13-6-8-22(9-7-13)16(24)11-26-18-20-14(10-15(23)21-18)12-4-2-1-3-5-12/h1-5,10,13H,6-9,11H2,(H2,19,25)(H,20,21,23). The first-order valence-electron chi connectivity index (χ1n) is 8.39. The summed E-state index contributed by atoms with van der Waals surface area (Å²) in [7, 11) is 0. The third-order valence-electron chi connectivity index (χ3n) is 4.37. The van der Waals surface area contributed by atoms with Gasteiger partial charge in [-0.05, 0) is 12.8 Å². The van der Waals surface area contributed by atoms with E-state index >= 15 is 0 Å². The van der Waals surface area contributed by atoms with Gasteiger partial charge in [-0.3, -0.25) is 14.4 Å². The van der Waals surface area contributed by atoms with Crippen molar-refractivity contribution >= 4 is 23.6 Å². The van der Waals surface area contributed by atoms with Crippen molar-refractivity contribution in [1.29, 1.82) is 0 Å². The Labute approximate surface area is 155 Å². The number of H-pyrrole nitrogens is 1. The molecule has 136 valence electrons. The smallest absolute Gasteiger partial charge is 0.252 e. The van der Waals surface area contributed by atoms with Crippen LogP contribution in [-0.2, 0) is 9.59 Å². The highest BCUT2D eigenvalue weighted by molar-refractivity contribution is 7.99. The van der Waals surface area contributed by atoms with Crippen molar-refractivity contribution in [1.82, 2.24) is 14.9 Å². The number of nitrogens with one attached hydrogen (secondary N) is 1. The molecule has 0 bridgehead atoms. The molecule has 1 aliphatic rings. The van der Waals surface area contributed by atoms with E-state index in [1.54, 1.807) is 4.90 Å². The van der Waals surface area contributed by atoms with Gasteiger partial charge in [-0.1, -0.05) is 42.1 Å². The quantitative estimate of drug-likeness (QED) is 0.606. The van der Waals surface area contributed by atoms with E-state index in [2.05, 4.69) is 9.97 Å². The van der Waals surface area contributed by atoms with Crippen LogP contribution in [0.3, 0.4) is 0 Å². The molecule has 0 aliphatic carbocycles. The zero-order valence-corrected chi connectivity index (χ0v) is 15.0. The molecule has 1 saturated heterocycles. The van der Waals surface area contributed by atoms with E-state index in [-0.39, 0.29) is 29.0 Å². The molecule has 0 radical (unpaired) electrons. The maximum Gasteiger partial charge on any atom is 0.252 e. The van der Waals surface area contributed by atoms with Crippen molar-refractivity contribution in [3.8, 4) is 11.3 Å². The monoisotopic (exact) mass is 372 g/mol. The lowest BCUT2D eigenvalue weighted by Crippen LogP contribution is -2.42. The van der Waals surface area contributed by atoms with Crippen LogP contribution in [0.25, 0.3) is 11.3 Å². The van der Waals surface area contributed by atoms with E-state index in [0.29, 0.717) is 36.8 Å². The summed E-state index contributed by atoms with van der Waals surface area (Å²) in [6.45, 7) is 1.06. The van der Waals surface area contributed by atoms with Crippen molar-refractivity contribution < 1.29 is 9.59 Å². The summed E-state index contributed by atoms with van der Waals surface area (Å²) in [6.07, 6.45) is 1.20. The number of aromatic nitrogens is 2. The molecule has 2 aromatic rings. The van der Waals surface area contributed by atoms with Gasteiger partial charge in [0.15, 0.2) is 5.16 Å². The first kappa shape index (κ1) is 18.2. The second-order valence-corrected chi connectivity index (χ2v) is 7.11. The van der Waals surface area contributed by atoms with Crippen LogP contribution in [0.5, 0.6) is 0 Å². The molecule has 0 atom stereocenters. The van der Waals surface area contributed by atoms with Crippen LogP contribution >= 0.6 is 11.8 Å². The molecule has 0 unspecified atom stereocenters. The van der Waals surface area contributed by atoms with E-state index in [9.17, 15) is 14.4 Å². The average molecular weight is 372 g/mol. The first-order chi connectivity index (χ1) is 12.5. The molecule has 2 amide bonds. The fraction of sp³-hybridized carbons (Fsp3) is 0.333. The van der Waals surface area contributed by atoms with Gasteiger partial charge in [-0.15, -0.1) is 0 Å². The topological polar surface area (TPSA) is 109 Å². The zero-order chi connectivity index (χ0) is 18.5. The number of hydrogen-bond acceptors (Lipinski definition) is 5. The van der Waals surface area contributed by atoms with Crippen LogP contribution in [0.4, 0.5) is 0 Å². The largest absolute Gasteiger partial charge is 0.369 e. The molecule has 26 heavy (non-hydrogen) atoms. The summed E-state index contributed by atoms with van der Waals surface area (Å²) >= 11 is 1.20. The minimum absolute atomic E-state index is 0.0364. The molecule has 0 spiro atoms. The van der Waals surface area contributed by atoms with Crippen molar-refractivity contribution in [3.63, 3.8) is 0 Å². The Morgan fingerprint density at radius 1 is 1.23 bits per heavy atom. The lowest BCUT2D eigenvalue weighted by molar-refractivity contribution is -0.132. The number of nitrogens with two attached hydrogens (primary N) is 1. The second-order valence-electron chi connectivity index (χ2n) is 6.15. The molecule has 8 heteroatoms. The molecule has 1 fully saturated rings. The Morgan fingerprint density at radius 2 is 1.92 bits per heavy atom. The Hall–Kier alpha value is -2.61. The highest BCUT2D eigenvalue weighted by Gasteiger charge is 2.25. The molecule has 1 aliphatic heterocycles. The van der Waals surface area contributed by atoms with Crippen LogP contribution in [0.2, 0.25) is 0 Å². The average Bonchev–Trinajstić information content (AvgIpc) is 2.66. The fourth-order valence-corrected chi connectivity index (χ4v) is 3.67. The third kappa shape index (κ3) is 4.51. The number of amides is 2. The van der Waals surface area contributed by atoms with Gasteiger partial charge in [0.25, 0.3) is 5.56 Å². The number of likely N-dealkylation sites (tertiary alicyclic amines) is 1. The van der Waals surface area contributed by atoms with Gasteiger partial charge < -0.3 is 15.6 Å². The van der Waals surface area contributed by atoms with E-state index in [1.165, 1.54) is 17.8 Å². The predicted octanol–water partition coefficient (Wildman–Crippen LogP) is 1.25. The maximum atomic E-state index is 12.4. The number of piperidine rings is 1. The second kappa shape index (κ2) is 8.18. The SMILES string of the molecule is NC(=O)C1CCN(C(=O)CSc2nc(-c3ccccc3)cc(=O)[nH]2)CC1. The predicted molar refractivity (Wildman–Crippen MR) is 99.5 cm³/mol. The van der Waals surface area contributed by atoms with Gasteiger partial charge in [0.05, 0.1) is 11.4 Å². The summed E-state index contributed by atoms with van der Waals surface area (Å²) in [5, 5.41) is 0.414. The number of primary amides is 1. The molecule has 0 saturated carbocycles. The summed E-state index contributed by atoms with van der Waals surface area (Å²) in [6, 6.07) is 10.9. The minimum Gasteiger partial charge on any atom is -0.369 e. The molecule has 2 heterocycles. The number of rotatable bonds is 5. The molecule has 3 rings (SSSR count). The maximum absolute atomic E-state index is 12.4. The van der Waals surface area contributed by atoms with Crippen LogP contribution in [0.1, 0.15) is 12.8 Å². The Balaban J connectivity index is 1.61. The number of carbonyl (C=O) groups excluding carboxylic acids is 2. The number of nitrogens with zero attached hydrogens (tertiary/aromatic N) is 2. The lowest BCUT2D eigenvalue weighted by atomic mass is 9.96. The van der Waals surface area contributed by atoms with E-state index < -0.39 is 0 Å². The number of hydrogen-bond donors (Lipinski definition) is 2. The van der Waals surface area contributed by atoms with E-state index in [0.717, 1.165) is 5.56 Å². The number of aromatic amines is 1. The number of benzene rings is 1. The van der Waals surface area contributed by atoms with Gasteiger partial charge >= 0.3 is 0 Å². The molecule has 1 aromatic heterocycles. The van der Waals surface area contributed by atoms with E-state index in [4.69, 9.17) is 5.73 Å². The van der Waals surface area contributed by atoms with Gasteiger partial charge in [0.1, 0.15) is 0 Å². The minimum atomic E-state index is -0.300. The Bertz CT molecular complexity index is 845. The summed E-state index contributed by atoms with van der Waals surface area (Å²) in [4.78, 5) is 44.3. The van der Waals surface area contributed by atoms with Gasteiger partial charge in [-0.25, -0.2) is 4.98 Å². The van der Waals surface area contributed by atoms with Gasteiger partial charge in [0, 0.05) is 30.6 Å². The van der Waals surface area contributed by atoms with Crippen LogP contribution in [0, 0.1) is 5.92 Å². The Kier molecular flexibility index (Phi) is 5.72. The number of thioether (sulfide) groups is 1. The summed E-state index contributed by atoms with van der Waals surface area (Å²) < 4.78 is 0. The number of carbonyl (C=O) groups is 2. The fourth-order valence-electron chi connectivity index (χ4n) is 2.90. The summed E-state index contributed by atoms with van der Waals surface area (Å²) in [5.41, 5.74) is 6.48.